The minimum absolute atomic E-state index is 0.168. The Morgan fingerprint density at radius 1 is 1.00 bits per heavy atom. The molecule has 0 aliphatic rings. The molecular formula is C17H20O3S. The lowest BCUT2D eigenvalue weighted by Crippen LogP contribution is -2.11. The van der Waals surface area contributed by atoms with E-state index in [1.54, 1.807) is 18.2 Å². The first-order valence-electron chi connectivity index (χ1n) is 7.03. The highest BCUT2D eigenvalue weighted by atomic mass is 32.2. The molecule has 0 saturated carbocycles. The maximum absolute atomic E-state index is 12.3. The number of hydrogen-bond donors (Lipinski definition) is 0. The molecule has 0 heterocycles. The van der Waals surface area contributed by atoms with Gasteiger partial charge in [0, 0.05) is 0 Å². The smallest absolute Gasteiger partial charge is 0.339 e. The summed E-state index contributed by atoms with van der Waals surface area (Å²) < 4.78 is 29.9. The summed E-state index contributed by atoms with van der Waals surface area (Å²) in [5.74, 6) is 0.429. The van der Waals surface area contributed by atoms with Crippen molar-refractivity contribution in [3.8, 4) is 5.75 Å². The van der Waals surface area contributed by atoms with Crippen LogP contribution in [0, 0.1) is 13.8 Å². The minimum Gasteiger partial charge on any atom is -0.378 e. The lowest BCUT2D eigenvalue weighted by atomic mass is 10.0. The van der Waals surface area contributed by atoms with Gasteiger partial charge in [0.25, 0.3) is 0 Å². The molecule has 21 heavy (non-hydrogen) atoms. The van der Waals surface area contributed by atoms with Gasteiger partial charge in [0.2, 0.25) is 0 Å². The summed E-state index contributed by atoms with van der Waals surface area (Å²) in [6, 6.07) is 12.2. The molecule has 2 aromatic carbocycles. The zero-order chi connectivity index (χ0) is 15.5. The normalized spacial score (nSPS) is 11.4. The van der Waals surface area contributed by atoms with Crippen molar-refractivity contribution in [1.82, 2.24) is 0 Å². The molecule has 112 valence electrons. The highest BCUT2D eigenvalue weighted by Gasteiger charge is 2.19. The average molecular weight is 304 g/mol. The van der Waals surface area contributed by atoms with Gasteiger partial charge in [-0.15, -0.1) is 0 Å². The molecule has 2 rings (SSSR count). The molecule has 0 aromatic heterocycles. The Morgan fingerprint density at radius 2 is 1.57 bits per heavy atom. The third-order valence-corrected chi connectivity index (χ3v) is 4.52. The Balaban J connectivity index is 2.36. The molecule has 0 spiro atoms. The van der Waals surface area contributed by atoms with E-state index in [1.807, 2.05) is 26.0 Å². The van der Waals surface area contributed by atoms with Gasteiger partial charge in [-0.05, 0) is 49.1 Å². The molecule has 2 aromatic rings. The van der Waals surface area contributed by atoms with E-state index in [4.69, 9.17) is 4.18 Å². The molecule has 3 nitrogen and oxygen atoms in total. The van der Waals surface area contributed by atoms with Crippen LogP contribution in [0.4, 0.5) is 0 Å². The van der Waals surface area contributed by atoms with Gasteiger partial charge in [-0.2, -0.15) is 8.42 Å². The first-order valence-corrected chi connectivity index (χ1v) is 8.44. The van der Waals surface area contributed by atoms with E-state index >= 15 is 0 Å². The second-order valence-electron chi connectivity index (χ2n) is 5.16. The zero-order valence-corrected chi connectivity index (χ0v) is 13.4. The second-order valence-corrected chi connectivity index (χ2v) is 6.71. The van der Waals surface area contributed by atoms with Crippen LogP contribution in [-0.2, 0) is 16.5 Å². The van der Waals surface area contributed by atoms with Crippen LogP contribution < -0.4 is 4.18 Å². The third kappa shape index (κ3) is 3.64. The standard InChI is InChI=1S/C17H20O3S/c1-4-8-15-11-13(2)17(14(3)12-15)20-21(18,19)16-9-6-5-7-10-16/h5-7,9-12H,4,8H2,1-3H3. The van der Waals surface area contributed by atoms with Gasteiger partial charge in [-0.25, -0.2) is 0 Å². The lowest BCUT2D eigenvalue weighted by molar-refractivity contribution is 0.482. The number of aryl methyl sites for hydroxylation is 3. The first-order chi connectivity index (χ1) is 9.94. The SMILES string of the molecule is CCCc1cc(C)c(OS(=O)(=O)c2ccccc2)c(C)c1. The summed E-state index contributed by atoms with van der Waals surface area (Å²) in [6.45, 7) is 5.87. The molecule has 0 fully saturated rings. The van der Waals surface area contributed by atoms with Crippen LogP contribution in [0.2, 0.25) is 0 Å². The van der Waals surface area contributed by atoms with E-state index in [2.05, 4.69) is 6.92 Å². The summed E-state index contributed by atoms with van der Waals surface area (Å²) in [5, 5.41) is 0. The Kier molecular flexibility index (Phi) is 4.68. The lowest BCUT2D eigenvalue weighted by Gasteiger charge is -2.13. The van der Waals surface area contributed by atoms with Crippen LogP contribution in [0.1, 0.15) is 30.0 Å². The van der Waals surface area contributed by atoms with E-state index < -0.39 is 10.1 Å². The summed E-state index contributed by atoms with van der Waals surface area (Å²) in [7, 11) is -3.78. The molecular weight excluding hydrogens is 284 g/mol. The Morgan fingerprint density at radius 3 is 2.10 bits per heavy atom. The maximum atomic E-state index is 12.3. The molecule has 0 aliphatic carbocycles. The van der Waals surface area contributed by atoms with Gasteiger partial charge in [-0.3, -0.25) is 0 Å². The van der Waals surface area contributed by atoms with E-state index in [0.29, 0.717) is 5.75 Å². The van der Waals surface area contributed by atoms with Crippen molar-refractivity contribution in [3.05, 3.63) is 59.2 Å². The predicted molar refractivity (Wildman–Crippen MR) is 84.2 cm³/mol. The van der Waals surface area contributed by atoms with Crippen LogP contribution in [0.15, 0.2) is 47.4 Å². The molecule has 0 saturated heterocycles. The first kappa shape index (κ1) is 15.6. The molecule has 0 atom stereocenters. The Bertz CT molecular complexity index is 696. The van der Waals surface area contributed by atoms with Crippen molar-refractivity contribution in [2.24, 2.45) is 0 Å². The highest BCUT2D eigenvalue weighted by Crippen LogP contribution is 2.28. The quantitative estimate of drug-likeness (QED) is 0.783. The summed E-state index contributed by atoms with van der Waals surface area (Å²) in [5.41, 5.74) is 2.90. The van der Waals surface area contributed by atoms with E-state index in [-0.39, 0.29) is 4.90 Å². The summed E-state index contributed by atoms with van der Waals surface area (Å²) in [6.07, 6.45) is 2.04. The van der Waals surface area contributed by atoms with Crippen molar-refractivity contribution in [3.63, 3.8) is 0 Å². The van der Waals surface area contributed by atoms with Crippen LogP contribution in [0.25, 0.3) is 0 Å². The molecule has 0 bridgehead atoms. The fraction of sp³-hybridized carbons (Fsp3) is 0.294. The van der Waals surface area contributed by atoms with E-state index in [1.165, 1.54) is 17.7 Å². The molecule has 0 amide bonds. The van der Waals surface area contributed by atoms with Crippen molar-refractivity contribution in [1.29, 1.82) is 0 Å². The van der Waals surface area contributed by atoms with E-state index in [9.17, 15) is 8.42 Å². The predicted octanol–water partition coefficient (Wildman–Crippen LogP) is 4.02. The van der Waals surface area contributed by atoms with Crippen molar-refractivity contribution in [2.45, 2.75) is 38.5 Å². The maximum Gasteiger partial charge on any atom is 0.339 e. The van der Waals surface area contributed by atoms with Crippen LogP contribution >= 0.6 is 0 Å². The van der Waals surface area contributed by atoms with Gasteiger partial charge < -0.3 is 4.18 Å². The third-order valence-electron chi connectivity index (χ3n) is 3.28. The van der Waals surface area contributed by atoms with Gasteiger partial charge in [0.05, 0.1) is 0 Å². The minimum atomic E-state index is -3.78. The van der Waals surface area contributed by atoms with Gasteiger partial charge in [0.15, 0.2) is 0 Å². The van der Waals surface area contributed by atoms with Crippen LogP contribution in [-0.4, -0.2) is 8.42 Å². The second kappa shape index (κ2) is 6.31. The highest BCUT2D eigenvalue weighted by molar-refractivity contribution is 7.87. The molecule has 0 unspecified atom stereocenters. The molecule has 0 N–H and O–H groups in total. The van der Waals surface area contributed by atoms with Gasteiger partial charge >= 0.3 is 10.1 Å². The average Bonchev–Trinajstić information content (AvgIpc) is 2.44. The van der Waals surface area contributed by atoms with Crippen molar-refractivity contribution >= 4 is 10.1 Å². The van der Waals surface area contributed by atoms with Gasteiger partial charge in [-0.1, -0.05) is 43.7 Å². The zero-order valence-electron chi connectivity index (χ0n) is 12.6. The molecule has 0 radical (unpaired) electrons. The number of benzene rings is 2. The molecule has 0 aliphatic heterocycles. The summed E-state index contributed by atoms with van der Waals surface area (Å²) in [4.78, 5) is 0.168. The largest absolute Gasteiger partial charge is 0.378 e. The summed E-state index contributed by atoms with van der Waals surface area (Å²) >= 11 is 0. The fourth-order valence-corrected chi connectivity index (χ4v) is 3.42. The number of rotatable bonds is 5. The molecule has 4 heteroatoms. The van der Waals surface area contributed by atoms with Crippen LogP contribution in [0.3, 0.4) is 0 Å². The number of hydrogen-bond acceptors (Lipinski definition) is 3. The topological polar surface area (TPSA) is 43.4 Å². The van der Waals surface area contributed by atoms with Crippen LogP contribution in [0.5, 0.6) is 5.75 Å². The van der Waals surface area contributed by atoms with Crippen molar-refractivity contribution < 1.29 is 12.6 Å². The Labute approximate surface area is 126 Å². The Hall–Kier alpha value is -1.81. The monoisotopic (exact) mass is 304 g/mol. The van der Waals surface area contributed by atoms with E-state index in [0.717, 1.165) is 24.0 Å². The van der Waals surface area contributed by atoms with Crippen molar-refractivity contribution in [2.75, 3.05) is 0 Å². The van der Waals surface area contributed by atoms with Gasteiger partial charge in [0.1, 0.15) is 10.6 Å². The fourth-order valence-electron chi connectivity index (χ4n) is 2.35.